The number of hydrogen-bond acceptors (Lipinski definition) is 3. The summed E-state index contributed by atoms with van der Waals surface area (Å²) in [5.41, 5.74) is 0. The molecule has 0 radical (unpaired) electrons. The third kappa shape index (κ3) is 4.48. The third-order valence-electron chi connectivity index (χ3n) is 1.07. The highest BCUT2D eigenvalue weighted by molar-refractivity contribution is 8.14. The number of nitrogens with zero attached hydrogens (tertiary/aromatic N) is 1. The minimum atomic E-state index is -4.52. The summed E-state index contributed by atoms with van der Waals surface area (Å²) in [6, 6.07) is 0. The second-order valence-corrected chi connectivity index (χ2v) is 3.19. The van der Waals surface area contributed by atoms with E-state index < -0.39 is 11.2 Å². The van der Waals surface area contributed by atoms with Crippen molar-refractivity contribution >= 4 is 16.8 Å². The zero-order valence-corrected chi connectivity index (χ0v) is 7.37. The number of unbranched alkanes of at least 4 members (excludes halogenated alkanes) is 1. The van der Waals surface area contributed by atoms with Crippen molar-refractivity contribution in [3.63, 3.8) is 0 Å². The molecule has 0 rings (SSSR count). The van der Waals surface area contributed by atoms with Crippen molar-refractivity contribution in [3.05, 3.63) is 0 Å². The second-order valence-electron chi connectivity index (χ2n) is 2.10. The maximum atomic E-state index is 11.8. The van der Waals surface area contributed by atoms with Gasteiger partial charge in [-0.05, 0) is 12.2 Å². The van der Waals surface area contributed by atoms with Gasteiger partial charge in [-0.3, -0.25) is 0 Å². The molecule has 0 aromatic carbocycles. The quantitative estimate of drug-likeness (QED) is 0.250. The smallest absolute Gasteiger partial charge is 0.410 e. The summed E-state index contributed by atoms with van der Waals surface area (Å²) in [6.07, 6.45) is -3.02. The minimum absolute atomic E-state index is 0.329. The Kier molecular flexibility index (Phi) is 5.12. The van der Waals surface area contributed by atoms with Crippen LogP contribution in [0.1, 0.15) is 19.8 Å². The molecule has 0 spiro atoms. The van der Waals surface area contributed by atoms with E-state index in [0.29, 0.717) is 23.9 Å². The van der Waals surface area contributed by atoms with Crippen LogP contribution in [0.5, 0.6) is 0 Å². The molecule has 0 bridgehead atoms. The Morgan fingerprint density at radius 2 is 2.08 bits per heavy atom. The molecule has 2 nitrogen and oxygen atoms in total. The molecule has 0 saturated heterocycles. The highest BCUT2D eigenvalue weighted by Crippen LogP contribution is 2.25. The maximum Gasteiger partial charge on any atom is 0.442 e. The number of halogens is 3. The molecule has 0 unspecified atom stereocenters. The average molecular weight is 201 g/mol. The first-order valence-corrected chi connectivity index (χ1v) is 4.43. The van der Waals surface area contributed by atoms with Crippen LogP contribution in [0.25, 0.3) is 0 Å². The van der Waals surface area contributed by atoms with Crippen LogP contribution in [-0.4, -0.2) is 22.2 Å². The molecule has 1 N–H and O–H groups in total. The van der Waals surface area contributed by atoms with Gasteiger partial charge >= 0.3 is 6.18 Å². The first-order chi connectivity index (χ1) is 5.52. The van der Waals surface area contributed by atoms with Crippen LogP contribution in [0.2, 0.25) is 0 Å². The highest BCUT2D eigenvalue weighted by atomic mass is 32.2. The van der Waals surface area contributed by atoms with Crippen molar-refractivity contribution in [3.8, 4) is 0 Å². The maximum absolute atomic E-state index is 11.8. The summed E-state index contributed by atoms with van der Waals surface area (Å²) in [5, 5.41) is 9.02. The summed E-state index contributed by atoms with van der Waals surface area (Å²) >= 11 is 0.528. The number of alkyl halides is 3. The molecule has 0 amide bonds. The van der Waals surface area contributed by atoms with E-state index in [9.17, 15) is 13.2 Å². The Labute approximate surface area is 72.8 Å². The minimum Gasteiger partial charge on any atom is -0.410 e. The lowest BCUT2D eigenvalue weighted by Crippen LogP contribution is -2.20. The van der Waals surface area contributed by atoms with E-state index in [0.717, 1.165) is 6.42 Å². The van der Waals surface area contributed by atoms with Gasteiger partial charge in [-0.1, -0.05) is 30.3 Å². The topological polar surface area (TPSA) is 32.6 Å². The molecule has 0 fully saturated rings. The van der Waals surface area contributed by atoms with Crippen LogP contribution in [0.3, 0.4) is 0 Å². The summed E-state index contributed by atoms with van der Waals surface area (Å²) in [4.78, 5) is 0. The van der Waals surface area contributed by atoms with Gasteiger partial charge in [0.25, 0.3) is 0 Å². The first-order valence-electron chi connectivity index (χ1n) is 3.44. The number of hydrogen-bond donors (Lipinski definition) is 1. The molecule has 0 heterocycles. The van der Waals surface area contributed by atoms with Gasteiger partial charge in [0.05, 0.1) is 0 Å². The molecule has 0 aromatic rings. The van der Waals surface area contributed by atoms with Gasteiger partial charge in [0, 0.05) is 0 Å². The Balaban J connectivity index is 3.87. The number of oxime groups is 1. The van der Waals surface area contributed by atoms with Gasteiger partial charge in [0.1, 0.15) is 0 Å². The van der Waals surface area contributed by atoms with E-state index in [4.69, 9.17) is 5.21 Å². The summed E-state index contributed by atoms with van der Waals surface area (Å²) in [5.74, 6) is 0.329. The molecule has 0 atom stereocenters. The molecular weight excluding hydrogens is 191 g/mol. The van der Waals surface area contributed by atoms with E-state index in [1.807, 2.05) is 6.92 Å². The van der Waals surface area contributed by atoms with Crippen LogP contribution < -0.4 is 0 Å². The van der Waals surface area contributed by atoms with E-state index in [1.54, 1.807) is 0 Å². The normalized spacial score (nSPS) is 13.5. The fraction of sp³-hybridized carbons (Fsp3) is 0.833. The highest BCUT2D eigenvalue weighted by Gasteiger charge is 2.36. The molecular formula is C6H10F3NOS. The van der Waals surface area contributed by atoms with Crippen LogP contribution in [0.15, 0.2) is 5.16 Å². The van der Waals surface area contributed by atoms with Crippen molar-refractivity contribution in [2.75, 3.05) is 5.75 Å². The zero-order chi connectivity index (χ0) is 9.61. The second kappa shape index (κ2) is 5.29. The van der Waals surface area contributed by atoms with E-state index in [1.165, 1.54) is 0 Å². The first kappa shape index (κ1) is 11.6. The average Bonchev–Trinajstić information content (AvgIpc) is 1.95. The summed E-state index contributed by atoms with van der Waals surface area (Å²) < 4.78 is 35.5. The predicted octanol–water partition coefficient (Wildman–Crippen LogP) is 2.87. The molecule has 0 aliphatic rings. The molecule has 12 heavy (non-hydrogen) atoms. The van der Waals surface area contributed by atoms with Crippen molar-refractivity contribution in [1.29, 1.82) is 0 Å². The van der Waals surface area contributed by atoms with Gasteiger partial charge in [-0.2, -0.15) is 13.2 Å². The van der Waals surface area contributed by atoms with Crippen molar-refractivity contribution < 1.29 is 18.4 Å². The molecule has 6 heteroatoms. The Hall–Kier alpha value is -0.390. The molecule has 72 valence electrons. The van der Waals surface area contributed by atoms with Crippen LogP contribution in [-0.2, 0) is 0 Å². The Morgan fingerprint density at radius 3 is 2.42 bits per heavy atom. The van der Waals surface area contributed by atoms with Crippen LogP contribution in [0, 0.1) is 0 Å². The lowest BCUT2D eigenvalue weighted by molar-refractivity contribution is -0.0573. The molecule has 0 aliphatic heterocycles. The van der Waals surface area contributed by atoms with Gasteiger partial charge < -0.3 is 5.21 Å². The van der Waals surface area contributed by atoms with E-state index in [2.05, 4.69) is 5.16 Å². The van der Waals surface area contributed by atoms with Gasteiger partial charge in [-0.25, -0.2) is 0 Å². The predicted molar refractivity (Wildman–Crippen MR) is 42.6 cm³/mol. The van der Waals surface area contributed by atoms with Crippen LogP contribution in [0.4, 0.5) is 13.2 Å². The molecule has 0 aliphatic carbocycles. The fourth-order valence-corrected chi connectivity index (χ4v) is 1.33. The van der Waals surface area contributed by atoms with Gasteiger partial charge in [-0.15, -0.1) is 0 Å². The van der Waals surface area contributed by atoms with Crippen molar-refractivity contribution in [2.24, 2.45) is 5.16 Å². The zero-order valence-electron chi connectivity index (χ0n) is 6.56. The van der Waals surface area contributed by atoms with Crippen LogP contribution >= 0.6 is 11.8 Å². The Morgan fingerprint density at radius 1 is 1.50 bits per heavy atom. The largest absolute Gasteiger partial charge is 0.442 e. The SMILES string of the molecule is CCCCSC(=NO)C(F)(F)F. The monoisotopic (exact) mass is 201 g/mol. The fourth-order valence-electron chi connectivity index (χ4n) is 0.481. The van der Waals surface area contributed by atoms with E-state index >= 15 is 0 Å². The summed E-state index contributed by atoms with van der Waals surface area (Å²) in [7, 11) is 0. The summed E-state index contributed by atoms with van der Waals surface area (Å²) in [6.45, 7) is 1.88. The Bertz CT molecular complexity index is 157. The third-order valence-corrected chi connectivity index (χ3v) is 2.15. The van der Waals surface area contributed by atoms with Gasteiger partial charge in [0.15, 0.2) is 0 Å². The number of rotatable bonds is 3. The number of thioether (sulfide) groups is 1. The lowest BCUT2D eigenvalue weighted by atomic mass is 10.4. The van der Waals surface area contributed by atoms with E-state index in [-0.39, 0.29) is 0 Å². The van der Waals surface area contributed by atoms with Crippen molar-refractivity contribution in [1.82, 2.24) is 0 Å². The van der Waals surface area contributed by atoms with Gasteiger partial charge in [0.2, 0.25) is 5.04 Å². The van der Waals surface area contributed by atoms with Crippen molar-refractivity contribution in [2.45, 2.75) is 25.9 Å². The lowest BCUT2D eigenvalue weighted by Gasteiger charge is -2.06. The molecule has 0 aromatic heterocycles. The standard InChI is InChI=1S/C6H10F3NOS/c1-2-3-4-12-5(10-11)6(7,8)9/h11H,2-4H2,1H3. The molecule has 0 saturated carbocycles.